The van der Waals surface area contributed by atoms with Crippen LogP contribution in [0.2, 0.25) is 24.2 Å². The summed E-state index contributed by atoms with van der Waals surface area (Å²) in [6.45, 7) is 32.3. The number of ether oxygens (including phenoxy) is 2. The average molecular weight is 1020 g/mol. The van der Waals surface area contributed by atoms with E-state index in [-0.39, 0.29) is 5.97 Å². The highest BCUT2D eigenvalue weighted by Crippen LogP contribution is 2.20. The van der Waals surface area contributed by atoms with Crippen molar-refractivity contribution in [3.8, 4) is 0 Å². The third-order valence-electron chi connectivity index (χ3n) is 8.09. The van der Waals surface area contributed by atoms with Crippen molar-refractivity contribution in [3.05, 3.63) is 24.8 Å². The summed E-state index contributed by atoms with van der Waals surface area (Å²) in [7, 11) is -5.53. The van der Waals surface area contributed by atoms with Crippen LogP contribution in [0.1, 0.15) is 94.9 Å². The second-order valence-corrected chi connectivity index (χ2v) is 24.2. The van der Waals surface area contributed by atoms with Crippen LogP contribution in [0.5, 0.6) is 0 Å². The van der Waals surface area contributed by atoms with E-state index in [4.69, 9.17) is 62.6 Å². The van der Waals surface area contributed by atoms with Crippen molar-refractivity contribution in [2.45, 2.75) is 119 Å². The highest BCUT2D eigenvalue weighted by Gasteiger charge is 2.41. The van der Waals surface area contributed by atoms with Crippen molar-refractivity contribution in [3.63, 3.8) is 0 Å². The van der Waals surface area contributed by atoms with Crippen LogP contribution in [0.3, 0.4) is 0 Å². The van der Waals surface area contributed by atoms with Crippen LogP contribution < -0.4 is 0 Å². The van der Waals surface area contributed by atoms with Gasteiger partial charge < -0.3 is 62.6 Å². The van der Waals surface area contributed by atoms with Gasteiger partial charge in [0.1, 0.15) is 0 Å². The summed E-state index contributed by atoms with van der Waals surface area (Å²) in [6, 6.07) is 2.63. The largest absolute Gasteiger partial charge is 0.501 e. The Hall–Kier alpha value is -2.43. The number of carbonyl (C=O) groups is 2. The number of isocyanates is 2. The highest BCUT2D eigenvalue weighted by molar-refractivity contribution is 6.61. The lowest BCUT2D eigenvalue weighted by Crippen LogP contribution is -2.46. The van der Waals surface area contributed by atoms with Crippen molar-refractivity contribution in [2.24, 2.45) is 9.98 Å². The van der Waals surface area contributed by atoms with Crippen LogP contribution in [-0.2, 0) is 81.8 Å². The molecule has 20 nitrogen and oxygen atoms in total. The molecule has 0 aromatic heterocycles. The van der Waals surface area contributed by atoms with E-state index in [0.29, 0.717) is 128 Å². The molecule has 0 N–H and O–H groups in total. The first-order valence-corrected chi connectivity index (χ1v) is 30.5. The number of aliphatic imine (C=N–C) groups is 2. The Morgan fingerprint density at radius 1 is 0.485 bits per heavy atom. The molecule has 0 bridgehead atoms. The summed E-state index contributed by atoms with van der Waals surface area (Å²) in [5.41, 5.74) is 0.397. The lowest BCUT2D eigenvalue weighted by molar-refractivity contribution is -0.139. The SMILES string of the molecule is C=C(C)C(=O)OCCC[Si](OC)(OC)OC.C=CC(=O)OCCC[Si](OCC)(OCC)OCC.CCO[Si](CCCN=C=O)(OCC)OCC.CCO[Si](CCCN=C=O)(OCC)OCC. The zero-order valence-corrected chi connectivity index (χ0v) is 46.6. The minimum atomic E-state index is -2.59. The molecule has 388 valence electrons. The molecule has 0 aliphatic heterocycles. The monoisotopic (exact) mass is 1020 g/mol. The maximum Gasteiger partial charge on any atom is 0.501 e. The van der Waals surface area contributed by atoms with E-state index in [1.807, 2.05) is 62.3 Å². The van der Waals surface area contributed by atoms with Gasteiger partial charge in [0.2, 0.25) is 12.2 Å². The van der Waals surface area contributed by atoms with Gasteiger partial charge in [-0.3, -0.25) is 0 Å². The molecule has 0 unspecified atom stereocenters. The Kier molecular flexibility index (Phi) is 50.6. The topological polar surface area (TPSA) is 222 Å². The second-order valence-electron chi connectivity index (χ2n) is 12.9. The van der Waals surface area contributed by atoms with Gasteiger partial charge in [0.15, 0.2) is 0 Å². The van der Waals surface area contributed by atoms with Crippen molar-refractivity contribution in [2.75, 3.05) is 107 Å². The number of hydrogen-bond acceptors (Lipinski definition) is 20. The van der Waals surface area contributed by atoms with E-state index in [1.54, 1.807) is 28.3 Å². The lowest BCUT2D eigenvalue weighted by atomic mass is 10.4. The number of carbonyl (C=O) groups excluding carboxylic acids is 4. The van der Waals surface area contributed by atoms with E-state index in [1.165, 1.54) is 12.2 Å². The molecule has 0 fully saturated rings. The number of esters is 2. The Morgan fingerprint density at radius 3 is 1.00 bits per heavy atom. The van der Waals surface area contributed by atoms with E-state index in [2.05, 4.69) is 23.1 Å². The van der Waals surface area contributed by atoms with Crippen molar-refractivity contribution in [1.82, 2.24) is 0 Å². The van der Waals surface area contributed by atoms with E-state index in [9.17, 15) is 19.2 Å². The molecule has 0 amide bonds. The predicted octanol–water partition coefficient (Wildman–Crippen LogP) is 7.05. The molecule has 0 aromatic rings. The van der Waals surface area contributed by atoms with Crippen LogP contribution in [0.4, 0.5) is 0 Å². The molecule has 0 radical (unpaired) electrons. The van der Waals surface area contributed by atoms with E-state index >= 15 is 0 Å². The summed E-state index contributed by atoms with van der Waals surface area (Å²) in [6.07, 6.45) is 6.93. The van der Waals surface area contributed by atoms with E-state index < -0.39 is 41.2 Å². The van der Waals surface area contributed by atoms with Gasteiger partial charge in [-0.2, -0.15) is 0 Å². The first kappa shape index (κ1) is 70.1. The summed E-state index contributed by atoms with van der Waals surface area (Å²) in [5.74, 6) is -0.786. The number of hydrogen-bond donors (Lipinski definition) is 0. The molecule has 0 aliphatic carbocycles. The first-order valence-electron chi connectivity index (χ1n) is 22.7. The van der Waals surface area contributed by atoms with Crippen molar-refractivity contribution in [1.29, 1.82) is 0 Å². The maximum absolute atomic E-state index is 11.1. The molecule has 0 aliphatic rings. The van der Waals surface area contributed by atoms with Crippen LogP contribution in [-0.4, -0.2) is 166 Å². The van der Waals surface area contributed by atoms with Crippen LogP contribution in [0.25, 0.3) is 0 Å². The molecular weight excluding hydrogens is 933 g/mol. The number of nitrogens with zero attached hydrogens (tertiary/aromatic N) is 2. The van der Waals surface area contributed by atoms with E-state index in [0.717, 1.165) is 18.9 Å². The predicted molar refractivity (Wildman–Crippen MR) is 259 cm³/mol. The summed E-state index contributed by atoms with van der Waals surface area (Å²) in [5, 5.41) is 0. The second kappa shape index (κ2) is 47.6. The Bertz CT molecular complexity index is 1200. The van der Waals surface area contributed by atoms with Gasteiger partial charge in [-0.25, -0.2) is 29.2 Å². The lowest BCUT2D eigenvalue weighted by Gasteiger charge is -2.28. The highest BCUT2D eigenvalue weighted by atomic mass is 28.4. The van der Waals surface area contributed by atoms with Gasteiger partial charge in [-0.1, -0.05) is 13.2 Å². The fourth-order valence-corrected chi connectivity index (χ4v) is 15.0. The molecule has 24 heteroatoms. The van der Waals surface area contributed by atoms with Crippen LogP contribution >= 0.6 is 0 Å². The third-order valence-corrected chi connectivity index (χ3v) is 20.4. The van der Waals surface area contributed by atoms with Crippen molar-refractivity contribution < 1.29 is 81.8 Å². The number of rotatable bonds is 39. The smallest absolute Gasteiger partial charge is 0.463 e. The third kappa shape index (κ3) is 36.6. The Labute approximate surface area is 400 Å². The van der Waals surface area contributed by atoms with Gasteiger partial charge in [0.25, 0.3) is 0 Å². The zero-order valence-electron chi connectivity index (χ0n) is 42.6. The standard InChI is InChI=1S/C12H24O5Si.2C10H21NO4Si.C10H20O5Si/c1-5-12(13)14-10-9-11-18(15-6-2,16-7-3)17-8-4;2*1-4-13-16(14-5-2,15-6-3)9-7-8-11-10-12;1-9(2)10(11)15-7-6-8-16(12-3,13-4)14-5/h5H,1,6-11H2,2-4H3;2*4-9H2,1-3H3;1,6-8H2,2-5H3. The van der Waals surface area contributed by atoms with Crippen molar-refractivity contribution >= 4 is 59.3 Å². The molecule has 0 saturated carbocycles. The molecule has 0 spiro atoms. The average Bonchev–Trinajstić information content (AvgIpc) is 3.30. The van der Waals surface area contributed by atoms with Gasteiger partial charge in [0.05, 0.1) is 26.3 Å². The molecule has 0 aromatic carbocycles. The first-order chi connectivity index (χ1) is 31.6. The molecule has 0 saturated heterocycles. The molecule has 0 rings (SSSR count). The minimum absolute atomic E-state index is 0.316. The summed E-state index contributed by atoms with van der Waals surface area (Å²) in [4.78, 5) is 48.8. The van der Waals surface area contributed by atoms with Crippen LogP contribution in [0, 0.1) is 0 Å². The minimum Gasteiger partial charge on any atom is -0.463 e. The molecule has 0 heterocycles. The quantitative estimate of drug-likeness (QED) is 0.0150. The maximum atomic E-state index is 11.1. The fraction of sp³-hybridized carbons (Fsp3) is 0.810. The molecule has 0 atom stereocenters. The summed E-state index contributed by atoms with van der Waals surface area (Å²) >= 11 is 0. The Morgan fingerprint density at radius 2 is 0.758 bits per heavy atom. The fourth-order valence-electron chi connectivity index (χ4n) is 5.50. The molecule has 66 heavy (non-hydrogen) atoms. The molecular formula is C42H86N2O18Si4. The normalized spacial score (nSPS) is 11.2. The zero-order chi connectivity index (χ0) is 51.0. The van der Waals surface area contributed by atoms with Gasteiger partial charge in [-0.05, 0) is 94.9 Å². The Balaban J connectivity index is -0.000000389. The van der Waals surface area contributed by atoms with Gasteiger partial charge in [0, 0.05) is 117 Å². The summed E-state index contributed by atoms with van der Waals surface area (Å²) < 4.78 is 76.5. The van der Waals surface area contributed by atoms with Gasteiger partial charge in [-0.15, -0.1) is 0 Å². The van der Waals surface area contributed by atoms with Crippen LogP contribution in [0.15, 0.2) is 34.8 Å². The van der Waals surface area contributed by atoms with Gasteiger partial charge >= 0.3 is 47.2 Å².